The van der Waals surface area contributed by atoms with E-state index in [1.807, 2.05) is 12.1 Å². The minimum atomic E-state index is -0.565. The molecule has 0 radical (unpaired) electrons. The normalized spacial score (nSPS) is 11.9. The lowest BCUT2D eigenvalue weighted by Crippen LogP contribution is -2.21. The lowest BCUT2D eigenvalue weighted by molar-refractivity contribution is -0.152. The highest BCUT2D eigenvalue weighted by molar-refractivity contribution is 5.71. The first-order valence-electron chi connectivity index (χ1n) is 8.74. The first-order valence-corrected chi connectivity index (χ1v) is 8.74. The van der Waals surface area contributed by atoms with Crippen LogP contribution in [0.25, 0.3) is 0 Å². The summed E-state index contributed by atoms with van der Waals surface area (Å²) in [6.45, 7) is 9.75. The number of ether oxygens (including phenoxy) is 2. The maximum absolute atomic E-state index is 12.1. The number of esters is 1. The molecule has 0 aromatic heterocycles. The van der Waals surface area contributed by atoms with Gasteiger partial charge in [0.2, 0.25) is 0 Å². The van der Waals surface area contributed by atoms with Gasteiger partial charge < -0.3 is 9.47 Å². The monoisotopic (exact) mass is 350 g/mol. The van der Waals surface area contributed by atoms with E-state index in [2.05, 4.69) is 57.9 Å². The summed E-state index contributed by atoms with van der Waals surface area (Å²) in [5.41, 5.74) is 6.68. The Morgan fingerprint density at radius 2 is 1.38 bits per heavy atom. The number of benzene rings is 2. The Bertz CT molecular complexity index is 738. The summed E-state index contributed by atoms with van der Waals surface area (Å²) in [5, 5.41) is 0. The van der Waals surface area contributed by atoms with Crippen molar-refractivity contribution in [3.05, 3.63) is 69.8 Å². The molecule has 0 saturated carbocycles. The second-order valence-corrected chi connectivity index (χ2v) is 6.60. The second-order valence-electron chi connectivity index (χ2n) is 6.60. The molecule has 2 rings (SSSR count). The highest BCUT2D eigenvalue weighted by atomic mass is 16.6. The van der Waals surface area contributed by atoms with Crippen LogP contribution in [0.3, 0.4) is 0 Å². The van der Waals surface area contributed by atoms with E-state index < -0.39 is 12.1 Å². The molecule has 0 aliphatic carbocycles. The Balaban J connectivity index is 2.41. The van der Waals surface area contributed by atoms with Crippen LogP contribution in [0, 0.1) is 40.0 Å². The summed E-state index contributed by atoms with van der Waals surface area (Å²) >= 11 is 0. The molecule has 1 unspecified atom stereocenters. The lowest BCUT2D eigenvalue weighted by Gasteiger charge is -2.25. The Morgan fingerprint density at radius 3 is 1.77 bits per heavy atom. The van der Waals surface area contributed by atoms with Gasteiger partial charge in [-0.1, -0.05) is 42.3 Å². The zero-order chi connectivity index (χ0) is 19.3. The Labute approximate surface area is 156 Å². The molecule has 136 valence electrons. The van der Waals surface area contributed by atoms with Crippen LogP contribution < -0.4 is 0 Å². The summed E-state index contributed by atoms with van der Waals surface area (Å²) in [7, 11) is 0. The molecule has 0 aliphatic heterocycles. The van der Waals surface area contributed by atoms with E-state index in [-0.39, 0.29) is 12.7 Å². The lowest BCUT2D eigenvalue weighted by atomic mass is 9.89. The minimum absolute atomic E-state index is 0.155. The van der Waals surface area contributed by atoms with Crippen LogP contribution in [0.15, 0.2) is 36.4 Å². The van der Waals surface area contributed by atoms with Gasteiger partial charge in [0.05, 0.1) is 0 Å². The van der Waals surface area contributed by atoms with Gasteiger partial charge in [-0.25, -0.2) is 4.79 Å². The molecule has 0 aliphatic rings. The van der Waals surface area contributed by atoms with Crippen LogP contribution in [-0.2, 0) is 14.3 Å². The van der Waals surface area contributed by atoms with Gasteiger partial charge >= 0.3 is 5.97 Å². The molecule has 0 heterocycles. The molecule has 0 fully saturated rings. The van der Waals surface area contributed by atoms with Crippen LogP contribution >= 0.6 is 0 Å². The fraction of sp³-hybridized carbons (Fsp3) is 0.348. The van der Waals surface area contributed by atoms with Gasteiger partial charge in [0, 0.05) is 0 Å². The number of carbonyl (C=O) groups is 1. The van der Waals surface area contributed by atoms with Gasteiger partial charge in [-0.3, -0.25) is 0 Å². The standard InChI is InChI=1S/C23H26O3/c1-7-19(6)26-20(24)14-25-23(21-15(2)10-8-11-16(21)3)22-17(4)12-9-13-18(22)5/h1,8-13,19,23H,14H2,2-6H3. The number of hydrogen-bond donors (Lipinski definition) is 0. The van der Waals surface area contributed by atoms with Crippen LogP contribution in [-0.4, -0.2) is 18.7 Å². The third kappa shape index (κ3) is 4.53. The van der Waals surface area contributed by atoms with E-state index in [1.54, 1.807) is 6.92 Å². The summed E-state index contributed by atoms with van der Waals surface area (Å²) in [5.74, 6) is 1.92. The van der Waals surface area contributed by atoms with Crippen LogP contribution in [0.5, 0.6) is 0 Å². The van der Waals surface area contributed by atoms with Gasteiger partial charge in [0.15, 0.2) is 6.10 Å². The van der Waals surface area contributed by atoms with Gasteiger partial charge in [0.1, 0.15) is 12.7 Å². The third-order valence-corrected chi connectivity index (χ3v) is 4.52. The van der Waals surface area contributed by atoms with Crippen molar-refractivity contribution in [3.63, 3.8) is 0 Å². The first-order chi connectivity index (χ1) is 12.3. The van der Waals surface area contributed by atoms with E-state index in [1.165, 1.54) is 0 Å². The van der Waals surface area contributed by atoms with Crippen molar-refractivity contribution in [2.75, 3.05) is 6.61 Å². The average Bonchev–Trinajstić information content (AvgIpc) is 2.58. The SMILES string of the molecule is C#CC(C)OC(=O)COC(c1c(C)cccc1C)c1c(C)cccc1C. The maximum atomic E-state index is 12.1. The minimum Gasteiger partial charge on any atom is -0.448 e. The van der Waals surface area contributed by atoms with Crippen molar-refractivity contribution in [1.29, 1.82) is 0 Å². The van der Waals surface area contributed by atoms with E-state index in [4.69, 9.17) is 15.9 Å². The van der Waals surface area contributed by atoms with Crippen LogP contribution in [0.1, 0.15) is 46.4 Å². The Hall–Kier alpha value is -2.57. The van der Waals surface area contributed by atoms with Gasteiger partial charge in [-0.05, 0) is 68.0 Å². The number of rotatable bonds is 6. The molecule has 1 atom stereocenters. The summed E-state index contributed by atoms with van der Waals surface area (Å²) < 4.78 is 11.2. The molecule has 26 heavy (non-hydrogen) atoms. The van der Waals surface area contributed by atoms with Crippen LogP contribution in [0.2, 0.25) is 0 Å². The number of terminal acetylenes is 1. The van der Waals surface area contributed by atoms with Gasteiger partial charge in [0.25, 0.3) is 0 Å². The van der Waals surface area contributed by atoms with Crippen molar-refractivity contribution in [2.24, 2.45) is 0 Å². The predicted octanol–water partition coefficient (Wildman–Crippen LogP) is 4.59. The topological polar surface area (TPSA) is 35.5 Å². The molecule has 2 aromatic rings. The molecular weight excluding hydrogens is 324 g/mol. The molecule has 3 nitrogen and oxygen atoms in total. The van der Waals surface area contributed by atoms with Gasteiger partial charge in [-0.2, -0.15) is 0 Å². The summed E-state index contributed by atoms with van der Waals surface area (Å²) in [6, 6.07) is 12.3. The number of hydrogen-bond acceptors (Lipinski definition) is 3. The quantitative estimate of drug-likeness (QED) is 0.564. The zero-order valence-corrected chi connectivity index (χ0v) is 16.1. The zero-order valence-electron chi connectivity index (χ0n) is 16.1. The van der Waals surface area contributed by atoms with E-state index >= 15 is 0 Å². The Kier molecular flexibility index (Phi) is 6.60. The number of carbonyl (C=O) groups excluding carboxylic acids is 1. The fourth-order valence-electron chi connectivity index (χ4n) is 3.21. The van der Waals surface area contributed by atoms with E-state index in [0.717, 1.165) is 33.4 Å². The van der Waals surface area contributed by atoms with Crippen molar-refractivity contribution in [3.8, 4) is 12.3 Å². The molecule has 3 heteroatoms. The largest absolute Gasteiger partial charge is 0.448 e. The molecule has 0 bridgehead atoms. The highest BCUT2D eigenvalue weighted by Crippen LogP contribution is 2.34. The molecule has 0 spiro atoms. The highest BCUT2D eigenvalue weighted by Gasteiger charge is 2.24. The molecule has 0 amide bonds. The smallest absolute Gasteiger partial charge is 0.333 e. The van der Waals surface area contributed by atoms with Crippen molar-refractivity contribution < 1.29 is 14.3 Å². The van der Waals surface area contributed by atoms with Crippen molar-refractivity contribution >= 4 is 5.97 Å². The molecular formula is C23H26O3. The second kappa shape index (κ2) is 8.69. The average molecular weight is 350 g/mol. The van der Waals surface area contributed by atoms with Gasteiger partial charge in [-0.15, -0.1) is 6.42 Å². The van der Waals surface area contributed by atoms with E-state index in [9.17, 15) is 4.79 Å². The summed E-state index contributed by atoms with van der Waals surface area (Å²) in [6.07, 6.45) is 4.36. The summed E-state index contributed by atoms with van der Waals surface area (Å²) in [4.78, 5) is 12.1. The first kappa shape index (κ1) is 19.8. The Morgan fingerprint density at radius 1 is 0.962 bits per heavy atom. The number of aryl methyl sites for hydroxylation is 4. The predicted molar refractivity (Wildman–Crippen MR) is 104 cm³/mol. The van der Waals surface area contributed by atoms with Crippen LogP contribution in [0.4, 0.5) is 0 Å². The van der Waals surface area contributed by atoms with Crippen molar-refractivity contribution in [2.45, 2.75) is 46.8 Å². The van der Waals surface area contributed by atoms with E-state index in [0.29, 0.717) is 0 Å². The fourth-order valence-corrected chi connectivity index (χ4v) is 3.21. The molecule has 0 saturated heterocycles. The van der Waals surface area contributed by atoms with Crippen molar-refractivity contribution in [1.82, 2.24) is 0 Å². The molecule has 0 N–H and O–H groups in total. The maximum Gasteiger partial charge on any atom is 0.333 e. The molecule has 2 aromatic carbocycles. The third-order valence-electron chi connectivity index (χ3n) is 4.52.